The van der Waals surface area contributed by atoms with Crippen LogP contribution in [0.5, 0.6) is 5.75 Å². The lowest BCUT2D eigenvalue weighted by molar-refractivity contribution is -0.137. The maximum absolute atomic E-state index is 12.8. The maximum Gasteiger partial charge on any atom is 0.416 e. The van der Waals surface area contributed by atoms with Gasteiger partial charge in [-0.25, -0.2) is 0 Å². The molecule has 0 unspecified atom stereocenters. The molecule has 0 spiro atoms. The van der Waals surface area contributed by atoms with E-state index < -0.39 is 23.4 Å². The number of piperidine rings is 1. The Bertz CT molecular complexity index is 890. The Morgan fingerprint density at radius 3 is 2.43 bits per heavy atom. The Labute approximate surface area is 173 Å². The first kappa shape index (κ1) is 21.2. The lowest BCUT2D eigenvalue weighted by Crippen LogP contribution is -2.44. The highest BCUT2D eigenvalue weighted by Crippen LogP contribution is 2.36. The number of nitrogens with zero attached hydrogens (tertiary/aromatic N) is 1. The maximum atomic E-state index is 12.8. The van der Waals surface area contributed by atoms with E-state index in [1.54, 1.807) is 0 Å². The van der Waals surface area contributed by atoms with Crippen LogP contribution in [0, 0.1) is 0 Å². The van der Waals surface area contributed by atoms with Gasteiger partial charge < -0.3 is 19.8 Å². The minimum absolute atomic E-state index is 0.150. The van der Waals surface area contributed by atoms with Crippen LogP contribution in [0.3, 0.4) is 0 Å². The van der Waals surface area contributed by atoms with Crippen molar-refractivity contribution >= 4 is 0 Å². The van der Waals surface area contributed by atoms with E-state index in [9.17, 15) is 23.4 Å². The lowest BCUT2D eigenvalue weighted by Gasteiger charge is -2.39. The molecule has 2 aliphatic heterocycles. The van der Waals surface area contributed by atoms with Crippen LogP contribution in [0.2, 0.25) is 0 Å². The smallest absolute Gasteiger partial charge is 0.416 e. The van der Waals surface area contributed by atoms with Crippen molar-refractivity contribution in [2.45, 2.75) is 50.2 Å². The summed E-state index contributed by atoms with van der Waals surface area (Å²) in [4.78, 5) is 2.08. The zero-order valence-electron chi connectivity index (χ0n) is 16.8. The lowest BCUT2D eigenvalue weighted by atomic mass is 9.84. The third-order valence-electron chi connectivity index (χ3n) is 6.17. The standard InChI is InChI=1S/C23H26F3NO3/c1-15-12-17-13-16(2-7-21(17)30-15)20(28)14-27-10-8-22(29,9-11-27)18-3-5-19(6-4-18)23(24,25)26/h2-7,13,15,20,28-29H,8-12,14H2,1H3/t15-,20+/m0/s1. The van der Waals surface area contributed by atoms with E-state index in [4.69, 9.17) is 4.74 Å². The van der Waals surface area contributed by atoms with Crippen LogP contribution in [0.15, 0.2) is 42.5 Å². The average Bonchev–Trinajstić information content (AvgIpc) is 3.08. The van der Waals surface area contributed by atoms with Gasteiger partial charge in [-0.15, -0.1) is 0 Å². The summed E-state index contributed by atoms with van der Waals surface area (Å²) in [5, 5.41) is 21.6. The summed E-state index contributed by atoms with van der Waals surface area (Å²) < 4.78 is 44.0. The number of benzene rings is 2. The number of aliphatic hydroxyl groups excluding tert-OH is 1. The number of β-amino-alcohol motifs (C(OH)–C–C–N with tert-alkyl or cyclic N) is 1. The van der Waals surface area contributed by atoms with Crippen molar-refractivity contribution in [1.82, 2.24) is 4.90 Å². The van der Waals surface area contributed by atoms with Crippen LogP contribution in [-0.2, 0) is 18.2 Å². The van der Waals surface area contributed by atoms with Gasteiger partial charge in [0, 0.05) is 26.1 Å². The molecule has 0 aromatic heterocycles. The number of hydrogen-bond donors (Lipinski definition) is 2. The fourth-order valence-corrected chi connectivity index (χ4v) is 4.36. The van der Waals surface area contributed by atoms with Gasteiger partial charge in [-0.1, -0.05) is 18.2 Å². The SMILES string of the molecule is C[C@H]1Cc2cc([C@H](O)CN3CCC(O)(c4ccc(C(F)(F)F)cc4)CC3)ccc2O1. The van der Waals surface area contributed by atoms with E-state index in [0.29, 0.717) is 38.0 Å². The second-order valence-electron chi connectivity index (χ2n) is 8.42. The molecule has 30 heavy (non-hydrogen) atoms. The zero-order chi connectivity index (χ0) is 21.5. The Hall–Kier alpha value is -2.09. The number of halogens is 3. The van der Waals surface area contributed by atoms with Crippen molar-refractivity contribution in [3.05, 3.63) is 64.7 Å². The number of rotatable bonds is 4. The van der Waals surface area contributed by atoms with E-state index in [1.165, 1.54) is 12.1 Å². The third-order valence-corrected chi connectivity index (χ3v) is 6.17. The molecule has 1 saturated heterocycles. The summed E-state index contributed by atoms with van der Waals surface area (Å²) in [6.45, 7) is 3.57. The molecule has 2 N–H and O–H groups in total. The molecule has 4 nitrogen and oxygen atoms in total. The molecule has 4 rings (SSSR count). The molecule has 0 aliphatic carbocycles. The largest absolute Gasteiger partial charge is 0.490 e. The van der Waals surface area contributed by atoms with Gasteiger partial charge in [0.2, 0.25) is 0 Å². The predicted molar refractivity (Wildman–Crippen MR) is 106 cm³/mol. The second kappa shape index (κ2) is 7.87. The van der Waals surface area contributed by atoms with Crippen molar-refractivity contribution < 1.29 is 28.1 Å². The number of alkyl halides is 3. The molecular weight excluding hydrogens is 395 g/mol. The second-order valence-corrected chi connectivity index (χ2v) is 8.42. The zero-order valence-corrected chi connectivity index (χ0v) is 16.8. The van der Waals surface area contributed by atoms with Crippen LogP contribution in [0.1, 0.15) is 48.1 Å². The monoisotopic (exact) mass is 421 g/mol. The summed E-state index contributed by atoms with van der Waals surface area (Å²) in [7, 11) is 0. The third kappa shape index (κ3) is 4.33. The Kier molecular flexibility index (Phi) is 5.55. The van der Waals surface area contributed by atoms with Crippen LogP contribution in [0.25, 0.3) is 0 Å². The fraction of sp³-hybridized carbons (Fsp3) is 0.478. The fourth-order valence-electron chi connectivity index (χ4n) is 4.36. The van der Waals surface area contributed by atoms with Gasteiger partial charge >= 0.3 is 6.18 Å². The minimum atomic E-state index is -4.39. The Balaban J connectivity index is 1.36. The van der Waals surface area contributed by atoms with Crippen molar-refractivity contribution in [2.75, 3.05) is 19.6 Å². The first-order valence-electron chi connectivity index (χ1n) is 10.2. The molecule has 2 aromatic rings. The van der Waals surface area contributed by atoms with Gasteiger partial charge in [0.25, 0.3) is 0 Å². The van der Waals surface area contributed by atoms with E-state index in [2.05, 4.69) is 4.90 Å². The average molecular weight is 421 g/mol. The Morgan fingerprint density at radius 2 is 1.80 bits per heavy atom. The van der Waals surface area contributed by atoms with Crippen molar-refractivity contribution in [1.29, 1.82) is 0 Å². The van der Waals surface area contributed by atoms with Gasteiger partial charge in [0.15, 0.2) is 0 Å². The topological polar surface area (TPSA) is 52.9 Å². The highest BCUT2D eigenvalue weighted by molar-refractivity contribution is 5.41. The van der Waals surface area contributed by atoms with E-state index >= 15 is 0 Å². The molecule has 0 amide bonds. The molecule has 2 aliphatic rings. The number of likely N-dealkylation sites (tertiary alicyclic amines) is 1. The van der Waals surface area contributed by atoms with Gasteiger partial charge in [-0.3, -0.25) is 0 Å². The molecule has 162 valence electrons. The molecule has 0 bridgehead atoms. The van der Waals surface area contributed by atoms with E-state index in [0.717, 1.165) is 35.4 Å². The highest BCUT2D eigenvalue weighted by Gasteiger charge is 2.36. The van der Waals surface area contributed by atoms with Crippen LogP contribution in [-0.4, -0.2) is 40.9 Å². The molecule has 0 saturated carbocycles. The van der Waals surface area contributed by atoms with E-state index in [1.807, 2.05) is 25.1 Å². The molecular formula is C23H26F3NO3. The van der Waals surface area contributed by atoms with Crippen LogP contribution < -0.4 is 4.74 Å². The summed E-state index contributed by atoms with van der Waals surface area (Å²) >= 11 is 0. The van der Waals surface area contributed by atoms with Gasteiger partial charge in [0.05, 0.1) is 17.3 Å². The summed E-state index contributed by atoms with van der Waals surface area (Å²) in [6.07, 6.45) is -3.25. The predicted octanol–water partition coefficient (Wildman–Crippen LogP) is 4.05. The summed E-state index contributed by atoms with van der Waals surface area (Å²) in [5.74, 6) is 0.873. The number of hydrogen-bond acceptors (Lipinski definition) is 4. The molecule has 2 atom stereocenters. The summed E-state index contributed by atoms with van der Waals surface area (Å²) in [5.41, 5.74) is 0.587. The molecule has 1 fully saturated rings. The van der Waals surface area contributed by atoms with Gasteiger partial charge in [-0.2, -0.15) is 13.2 Å². The van der Waals surface area contributed by atoms with Crippen molar-refractivity contribution in [3.63, 3.8) is 0 Å². The number of ether oxygens (including phenoxy) is 1. The highest BCUT2D eigenvalue weighted by atomic mass is 19.4. The normalized spacial score (nSPS) is 22.4. The van der Waals surface area contributed by atoms with Crippen LogP contribution >= 0.6 is 0 Å². The quantitative estimate of drug-likeness (QED) is 0.782. The molecule has 7 heteroatoms. The molecule has 2 heterocycles. The molecule has 0 radical (unpaired) electrons. The minimum Gasteiger partial charge on any atom is -0.490 e. The van der Waals surface area contributed by atoms with Gasteiger partial charge in [0.1, 0.15) is 11.9 Å². The Morgan fingerprint density at radius 1 is 1.13 bits per heavy atom. The number of fused-ring (bicyclic) bond motifs is 1. The van der Waals surface area contributed by atoms with Gasteiger partial charge in [-0.05, 0) is 60.7 Å². The van der Waals surface area contributed by atoms with Crippen molar-refractivity contribution in [2.24, 2.45) is 0 Å². The first-order valence-corrected chi connectivity index (χ1v) is 10.2. The van der Waals surface area contributed by atoms with Crippen molar-refractivity contribution in [3.8, 4) is 5.75 Å². The molecule has 2 aromatic carbocycles. The van der Waals surface area contributed by atoms with E-state index in [-0.39, 0.29) is 6.10 Å². The first-order chi connectivity index (χ1) is 14.1. The number of aliphatic hydroxyl groups is 2. The van der Waals surface area contributed by atoms with Crippen LogP contribution in [0.4, 0.5) is 13.2 Å². The summed E-state index contributed by atoms with van der Waals surface area (Å²) in [6, 6.07) is 10.5.